The third kappa shape index (κ3) is 4.69. The Morgan fingerprint density at radius 1 is 0.971 bits per heavy atom. The topological polar surface area (TPSA) is 84.9 Å². The molecule has 0 radical (unpaired) electrons. The minimum Gasteiger partial charge on any atom is -0.469 e. The second-order valence-electron chi connectivity index (χ2n) is 9.69. The summed E-state index contributed by atoms with van der Waals surface area (Å²) in [6.45, 7) is 1.09. The SMILES string of the molecule is COC(=O)C1C(c2ccccc2)C(C(=O)NCC2CCCO2)N(C(=O)C2CC2)C1c1ccccc1. The molecular formula is C28H32N2O5. The average molecular weight is 477 g/mol. The molecule has 7 heteroatoms. The highest BCUT2D eigenvalue weighted by Crippen LogP contribution is 2.52. The van der Waals surface area contributed by atoms with E-state index in [0.717, 1.165) is 36.8 Å². The van der Waals surface area contributed by atoms with Gasteiger partial charge in [0.25, 0.3) is 0 Å². The van der Waals surface area contributed by atoms with E-state index in [0.29, 0.717) is 13.2 Å². The molecule has 2 aromatic carbocycles. The van der Waals surface area contributed by atoms with E-state index < -0.39 is 29.9 Å². The van der Waals surface area contributed by atoms with Gasteiger partial charge in [-0.2, -0.15) is 0 Å². The summed E-state index contributed by atoms with van der Waals surface area (Å²) in [6.07, 6.45) is 3.46. The summed E-state index contributed by atoms with van der Waals surface area (Å²) in [5, 5.41) is 3.05. The first-order chi connectivity index (χ1) is 17.1. The summed E-state index contributed by atoms with van der Waals surface area (Å²) in [5.41, 5.74) is 1.67. The van der Waals surface area contributed by atoms with Crippen molar-refractivity contribution in [3.05, 3.63) is 71.8 Å². The van der Waals surface area contributed by atoms with E-state index in [1.54, 1.807) is 4.90 Å². The van der Waals surface area contributed by atoms with E-state index >= 15 is 0 Å². The summed E-state index contributed by atoms with van der Waals surface area (Å²) in [4.78, 5) is 42.7. The zero-order valence-electron chi connectivity index (χ0n) is 20.0. The number of nitrogens with zero attached hydrogens (tertiary/aromatic N) is 1. The van der Waals surface area contributed by atoms with Crippen LogP contribution >= 0.6 is 0 Å². The highest BCUT2D eigenvalue weighted by atomic mass is 16.5. The van der Waals surface area contributed by atoms with Crippen LogP contribution in [0.1, 0.15) is 48.8 Å². The van der Waals surface area contributed by atoms with Gasteiger partial charge in [0.2, 0.25) is 11.8 Å². The fourth-order valence-corrected chi connectivity index (χ4v) is 5.64. The molecule has 2 saturated heterocycles. The summed E-state index contributed by atoms with van der Waals surface area (Å²) >= 11 is 0. The Labute approximate surface area is 205 Å². The molecule has 0 bridgehead atoms. The molecule has 3 aliphatic rings. The molecule has 3 fully saturated rings. The molecule has 5 atom stereocenters. The first-order valence-electron chi connectivity index (χ1n) is 12.5. The third-order valence-corrected chi connectivity index (χ3v) is 7.44. The van der Waals surface area contributed by atoms with Gasteiger partial charge in [0.05, 0.1) is 25.2 Å². The zero-order chi connectivity index (χ0) is 24.4. The molecule has 5 rings (SSSR count). The molecule has 35 heavy (non-hydrogen) atoms. The van der Waals surface area contributed by atoms with Crippen molar-refractivity contribution in [3.63, 3.8) is 0 Å². The van der Waals surface area contributed by atoms with Gasteiger partial charge in [-0.25, -0.2) is 0 Å². The summed E-state index contributed by atoms with van der Waals surface area (Å²) in [6, 6.07) is 17.6. The fraction of sp³-hybridized carbons (Fsp3) is 0.464. The highest BCUT2D eigenvalue weighted by Gasteiger charge is 2.59. The highest BCUT2D eigenvalue weighted by molar-refractivity contribution is 5.93. The van der Waals surface area contributed by atoms with Crippen LogP contribution in [0.4, 0.5) is 0 Å². The second kappa shape index (κ2) is 10.2. The number of nitrogens with one attached hydrogen (secondary N) is 1. The largest absolute Gasteiger partial charge is 0.469 e. The lowest BCUT2D eigenvalue weighted by Crippen LogP contribution is -2.50. The van der Waals surface area contributed by atoms with E-state index in [2.05, 4.69) is 5.32 Å². The summed E-state index contributed by atoms with van der Waals surface area (Å²) in [7, 11) is 1.37. The van der Waals surface area contributed by atoms with Crippen molar-refractivity contribution in [1.82, 2.24) is 10.2 Å². The molecule has 1 aliphatic carbocycles. The molecule has 2 heterocycles. The monoisotopic (exact) mass is 476 g/mol. The average Bonchev–Trinajstić information content (AvgIpc) is 3.50. The van der Waals surface area contributed by atoms with Gasteiger partial charge in [0, 0.05) is 25.0 Å². The first kappa shape index (κ1) is 23.5. The van der Waals surface area contributed by atoms with Crippen LogP contribution in [0, 0.1) is 11.8 Å². The predicted octanol–water partition coefficient (Wildman–Crippen LogP) is 3.22. The standard InChI is InChI=1S/C28H32N2O5/c1-34-28(33)23-22(18-9-4-2-5-10-18)25(26(31)29-17-21-13-8-16-35-21)30(27(32)20-14-15-20)24(23)19-11-6-3-7-12-19/h2-7,9-12,20-25H,8,13-17H2,1H3,(H,29,31). The van der Waals surface area contributed by atoms with E-state index in [9.17, 15) is 14.4 Å². The summed E-state index contributed by atoms with van der Waals surface area (Å²) in [5.74, 6) is -2.11. The van der Waals surface area contributed by atoms with Gasteiger partial charge in [0.15, 0.2) is 0 Å². The Balaban J connectivity index is 1.60. The summed E-state index contributed by atoms with van der Waals surface area (Å²) < 4.78 is 11.0. The Bertz CT molecular complexity index is 1050. The van der Waals surface area contributed by atoms with Gasteiger partial charge >= 0.3 is 5.97 Å². The van der Waals surface area contributed by atoms with E-state index in [1.807, 2.05) is 60.7 Å². The second-order valence-corrected chi connectivity index (χ2v) is 9.69. The molecule has 2 amide bonds. The van der Waals surface area contributed by atoms with Crippen molar-refractivity contribution < 1.29 is 23.9 Å². The number of methoxy groups -OCH3 is 1. The Morgan fingerprint density at radius 3 is 2.20 bits per heavy atom. The first-order valence-corrected chi connectivity index (χ1v) is 12.5. The number of carbonyl (C=O) groups is 3. The zero-order valence-corrected chi connectivity index (χ0v) is 20.0. The Morgan fingerprint density at radius 2 is 1.63 bits per heavy atom. The van der Waals surface area contributed by atoms with Crippen LogP contribution in [0.15, 0.2) is 60.7 Å². The molecule has 0 aromatic heterocycles. The number of amides is 2. The number of hydrogen-bond acceptors (Lipinski definition) is 5. The Hall–Kier alpha value is -3.19. The Kier molecular flexibility index (Phi) is 6.86. The minimum atomic E-state index is -0.832. The van der Waals surface area contributed by atoms with E-state index in [1.165, 1.54) is 7.11 Å². The predicted molar refractivity (Wildman–Crippen MR) is 129 cm³/mol. The van der Waals surface area contributed by atoms with Crippen LogP contribution in [0.2, 0.25) is 0 Å². The quantitative estimate of drug-likeness (QED) is 0.621. The lowest BCUT2D eigenvalue weighted by atomic mass is 9.80. The van der Waals surface area contributed by atoms with E-state index in [4.69, 9.17) is 9.47 Å². The van der Waals surface area contributed by atoms with E-state index in [-0.39, 0.29) is 23.8 Å². The fourth-order valence-electron chi connectivity index (χ4n) is 5.64. The van der Waals surface area contributed by atoms with Gasteiger partial charge in [-0.1, -0.05) is 60.7 Å². The van der Waals surface area contributed by atoms with Crippen LogP contribution < -0.4 is 5.32 Å². The van der Waals surface area contributed by atoms with Crippen molar-refractivity contribution in [2.45, 2.75) is 49.8 Å². The molecule has 2 aliphatic heterocycles. The minimum absolute atomic E-state index is 0.0237. The van der Waals surface area contributed by atoms with Gasteiger partial charge in [-0.05, 0) is 36.8 Å². The lowest BCUT2D eigenvalue weighted by Gasteiger charge is -2.32. The molecule has 184 valence electrons. The van der Waals surface area contributed by atoms with Gasteiger partial charge < -0.3 is 19.7 Å². The lowest BCUT2D eigenvalue weighted by molar-refractivity contribution is -0.148. The van der Waals surface area contributed by atoms with Crippen molar-refractivity contribution in [3.8, 4) is 0 Å². The van der Waals surface area contributed by atoms with Crippen molar-refractivity contribution in [2.24, 2.45) is 11.8 Å². The molecule has 7 nitrogen and oxygen atoms in total. The van der Waals surface area contributed by atoms with Crippen LogP contribution in [-0.2, 0) is 23.9 Å². The molecule has 1 saturated carbocycles. The van der Waals surface area contributed by atoms with Crippen LogP contribution in [0.5, 0.6) is 0 Å². The maximum atomic E-state index is 13.9. The third-order valence-electron chi connectivity index (χ3n) is 7.44. The van der Waals surface area contributed by atoms with Gasteiger partial charge in [0.1, 0.15) is 6.04 Å². The number of ether oxygens (including phenoxy) is 2. The molecule has 5 unspecified atom stereocenters. The molecular weight excluding hydrogens is 444 g/mol. The number of benzene rings is 2. The van der Waals surface area contributed by atoms with Gasteiger partial charge in [-0.3, -0.25) is 14.4 Å². The van der Waals surface area contributed by atoms with Gasteiger partial charge in [-0.15, -0.1) is 0 Å². The normalized spacial score (nSPS) is 28.0. The molecule has 2 aromatic rings. The van der Waals surface area contributed by atoms with Crippen LogP contribution in [-0.4, -0.2) is 55.1 Å². The van der Waals surface area contributed by atoms with Crippen LogP contribution in [0.25, 0.3) is 0 Å². The van der Waals surface area contributed by atoms with Crippen molar-refractivity contribution in [2.75, 3.05) is 20.3 Å². The smallest absolute Gasteiger partial charge is 0.311 e. The van der Waals surface area contributed by atoms with Crippen molar-refractivity contribution >= 4 is 17.8 Å². The maximum absolute atomic E-state index is 13.9. The number of likely N-dealkylation sites (tertiary alicyclic amines) is 1. The number of esters is 1. The maximum Gasteiger partial charge on any atom is 0.311 e. The van der Waals surface area contributed by atoms with Crippen LogP contribution in [0.3, 0.4) is 0 Å². The number of rotatable bonds is 7. The number of carbonyl (C=O) groups excluding carboxylic acids is 3. The van der Waals surface area contributed by atoms with Crippen molar-refractivity contribution in [1.29, 1.82) is 0 Å². The molecule has 0 spiro atoms. The number of hydrogen-bond donors (Lipinski definition) is 1. The molecule has 1 N–H and O–H groups in total.